The molecule has 3 heteroatoms. The van der Waals surface area contributed by atoms with Crippen molar-refractivity contribution in [3.8, 4) is 0 Å². The highest BCUT2D eigenvalue weighted by Crippen LogP contribution is 1.80. The third-order valence-corrected chi connectivity index (χ3v) is 1.18. The lowest BCUT2D eigenvalue weighted by molar-refractivity contribution is -0.122. The molecule has 0 radical (unpaired) electrons. The van der Waals surface area contributed by atoms with Gasteiger partial charge in [-0.05, 0) is 13.0 Å². The molecule has 3 nitrogen and oxygen atoms in total. The van der Waals surface area contributed by atoms with Gasteiger partial charge in [0.2, 0.25) is 0 Å². The Hall–Kier alpha value is -0.410. The van der Waals surface area contributed by atoms with Crippen molar-refractivity contribution in [3.05, 3.63) is 0 Å². The summed E-state index contributed by atoms with van der Waals surface area (Å²) in [6.07, 6.45) is 0.967. The summed E-state index contributed by atoms with van der Waals surface area (Å²) in [5.41, 5.74) is 0. The molecule has 0 saturated carbocycles. The molecule has 0 heterocycles. The quantitative estimate of drug-likeness (QED) is 0.552. The Morgan fingerprint density at radius 2 is 2.18 bits per heavy atom. The highest BCUT2D eigenvalue weighted by Gasteiger charge is 1.98. The largest absolute Gasteiger partial charge is 0.374 e. The fraction of sp³-hybridized carbons (Fsp3) is 0.875. The molecular formula is C8H17NO2. The molecule has 66 valence electrons. The van der Waals surface area contributed by atoms with Gasteiger partial charge in [0.25, 0.3) is 0 Å². The van der Waals surface area contributed by atoms with E-state index in [9.17, 15) is 4.79 Å². The van der Waals surface area contributed by atoms with E-state index in [4.69, 9.17) is 4.74 Å². The number of hydrogen-bond acceptors (Lipinski definition) is 3. The van der Waals surface area contributed by atoms with E-state index in [1.165, 1.54) is 0 Å². The molecule has 0 saturated heterocycles. The Labute approximate surface area is 68.1 Å². The summed E-state index contributed by atoms with van der Waals surface area (Å²) < 4.78 is 5.05. The maximum atomic E-state index is 10.9. The van der Waals surface area contributed by atoms with Crippen LogP contribution in [0.2, 0.25) is 0 Å². The lowest BCUT2D eigenvalue weighted by Crippen LogP contribution is -2.25. The van der Waals surface area contributed by atoms with Gasteiger partial charge in [-0.25, -0.2) is 0 Å². The Morgan fingerprint density at radius 3 is 2.73 bits per heavy atom. The van der Waals surface area contributed by atoms with Crippen molar-refractivity contribution in [2.24, 2.45) is 0 Å². The first-order chi connectivity index (χ1) is 5.31. The molecule has 1 N–H and O–H groups in total. The molecule has 0 aliphatic heterocycles. The Balaban J connectivity index is 3.09. The smallest absolute Gasteiger partial charge is 0.172 e. The van der Waals surface area contributed by atoms with Crippen molar-refractivity contribution >= 4 is 5.78 Å². The molecule has 0 aromatic carbocycles. The van der Waals surface area contributed by atoms with Crippen LogP contribution in [0.3, 0.4) is 0 Å². The van der Waals surface area contributed by atoms with Gasteiger partial charge in [0.05, 0.1) is 6.54 Å². The molecule has 0 atom stereocenters. The molecular weight excluding hydrogens is 142 g/mol. The van der Waals surface area contributed by atoms with Crippen LogP contribution >= 0.6 is 0 Å². The summed E-state index contributed by atoms with van der Waals surface area (Å²) >= 11 is 0. The number of ketones is 1. The van der Waals surface area contributed by atoms with Crippen LogP contribution in [0, 0.1) is 0 Å². The molecule has 0 aromatic heterocycles. The fourth-order valence-corrected chi connectivity index (χ4v) is 0.646. The van der Waals surface area contributed by atoms with Gasteiger partial charge < -0.3 is 10.1 Å². The molecule has 0 spiro atoms. The third kappa shape index (κ3) is 7.49. The van der Waals surface area contributed by atoms with E-state index in [2.05, 4.69) is 5.32 Å². The average molecular weight is 159 g/mol. The first-order valence-corrected chi connectivity index (χ1v) is 4.11. The number of nitrogens with one attached hydrogen (secondary N) is 1. The highest BCUT2D eigenvalue weighted by atomic mass is 16.5. The number of carbonyl (C=O) groups excluding carboxylic acids is 1. The van der Waals surface area contributed by atoms with Crippen molar-refractivity contribution in [1.29, 1.82) is 0 Å². The summed E-state index contributed by atoms with van der Waals surface area (Å²) in [6.45, 7) is 6.19. The predicted octanol–water partition coefficient (Wildman–Crippen LogP) is 0.592. The predicted molar refractivity (Wildman–Crippen MR) is 44.7 cm³/mol. The van der Waals surface area contributed by atoms with E-state index in [1.807, 2.05) is 13.8 Å². The zero-order chi connectivity index (χ0) is 8.53. The van der Waals surface area contributed by atoms with Crippen LogP contribution in [0.4, 0.5) is 0 Å². The second kappa shape index (κ2) is 7.69. The number of ether oxygens (including phenoxy) is 1. The van der Waals surface area contributed by atoms with Crippen LogP contribution in [-0.4, -0.2) is 32.1 Å². The van der Waals surface area contributed by atoms with Crippen LogP contribution in [0.5, 0.6) is 0 Å². The second-order valence-corrected chi connectivity index (χ2v) is 2.37. The Morgan fingerprint density at radius 1 is 1.45 bits per heavy atom. The zero-order valence-electron chi connectivity index (χ0n) is 7.35. The lowest BCUT2D eigenvalue weighted by Gasteiger charge is -2.01. The zero-order valence-corrected chi connectivity index (χ0v) is 7.35. The van der Waals surface area contributed by atoms with Crippen LogP contribution < -0.4 is 5.32 Å². The van der Waals surface area contributed by atoms with Crippen molar-refractivity contribution in [3.63, 3.8) is 0 Å². The van der Waals surface area contributed by atoms with Crippen molar-refractivity contribution in [2.45, 2.75) is 20.3 Å². The van der Waals surface area contributed by atoms with Gasteiger partial charge in [0.15, 0.2) is 5.78 Å². The molecule has 0 bridgehead atoms. The Bertz CT molecular complexity index is 104. The lowest BCUT2D eigenvalue weighted by atomic mass is 10.4. The van der Waals surface area contributed by atoms with E-state index in [1.54, 1.807) is 0 Å². The van der Waals surface area contributed by atoms with Crippen LogP contribution in [0.25, 0.3) is 0 Å². The molecule has 0 aliphatic carbocycles. The normalized spacial score (nSPS) is 10.0. The summed E-state index contributed by atoms with van der Waals surface area (Å²) in [6, 6.07) is 0. The van der Waals surface area contributed by atoms with E-state index < -0.39 is 0 Å². The van der Waals surface area contributed by atoms with Crippen LogP contribution in [0.15, 0.2) is 0 Å². The maximum Gasteiger partial charge on any atom is 0.172 e. The molecule has 0 aromatic rings. The number of rotatable bonds is 7. The van der Waals surface area contributed by atoms with E-state index in [0.717, 1.165) is 13.0 Å². The standard InChI is InChI=1S/C8H17NO2/c1-3-5-11-7-8(10)6-9-4-2/h9H,3-7H2,1-2H3. The van der Waals surface area contributed by atoms with E-state index in [0.29, 0.717) is 13.2 Å². The van der Waals surface area contributed by atoms with Crippen LogP contribution in [-0.2, 0) is 9.53 Å². The van der Waals surface area contributed by atoms with E-state index in [-0.39, 0.29) is 12.4 Å². The first-order valence-electron chi connectivity index (χ1n) is 4.11. The SMILES string of the molecule is CCCOCC(=O)CNCC. The second-order valence-electron chi connectivity index (χ2n) is 2.37. The minimum Gasteiger partial charge on any atom is -0.374 e. The highest BCUT2D eigenvalue weighted by molar-refractivity contribution is 5.81. The third-order valence-electron chi connectivity index (χ3n) is 1.18. The van der Waals surface area contributed by atoms with Crippen molar-refractivity contribution in [1.82, 2.24) is 5.32 Å². The van der Waals surface area contributed by atoms with E-state index >= 15 is 0 Å². The molecule has 0 fully saturated rings. The van der Waals surface area contributed by atoms with Gasteiger partial charge in [-0.1, -0.05) is 13.8 Å². The molecule has 11 heavy (non-hydrogen) atoms. The summed E-state index contributed by atoms with van der Waals surface area (Å²) in [4.78, 5) is 10.9. The van der Waals surface area contributed by atoms with Gasteiger partial charge in [-0.15, -0.1) is 0 Å². The molecule has 0 rings (SSSR count). The molecule has 0 aliphatic rings. The van der Waals surface area contributed by atoms with Gasteiger partial charge in [-0.3, -0.25) is 4.79 Å². The maximum absolute atomic E-state index is 10.9. The number of likely N-dealkylation sites (N-methyl/N-ethyl adjacent to an activating group) is 1. The molecule has 0 amide bonds. The number of carbonyl (C=O) groups is 1. The molecule has 0 unspecified atom stereocenters. The van der Waals surface area contributed by atoms with Crippen LogP contribution in [0.1, 0.15) is 20.3 Å². The summed E-state index contributed by atoms with van der Waals surface area (Å²) in [5, 5.41) is 2.95. The number of Topliss-reactive ketones (excluding diaryl/α,β-unsaturated/α-hetero) is 1. The Kier molecular flexibility index (Phi) is 7.41. The van der Waals surface area contributed by atoms with Gasteiger partial charge >= 0.3 is 0 Å². The van der Waals surface area contributed by atoms with Crippen molar-refractivity contribution < 1.29 is 9.53 Å². The average Bonchev–Trinajstić information content (AvgIpc) is 2.01. The number of hydrogen-bond donors (Lipinski definition) is 1. The summed E-state index contributed by atoms with van der Waals surface area (Å²) in [5.74, 6) is 0.125. The van der Waals surface area contributed by atoms with Gasteiger partial charge in [0, 0.05) is 6.61 Å². The van der Waals surface area contributed by atoms with Crippen molar-refractivity contribution in [2.75, 3.05) is 26.3 Å². The first kappa shape index (κ1) is 10.6. The van der Waals surface area contributed by atoms with Gasteiger partial charge in [0.1, 0.15) is 6.61 Å². The minimum atomic E-state index is 0.125. The topological polar surface area (TPSA) is 38.3 Å². The monoisotopic (exact) mass is 159 g/mol. The minimum absolute atomic E-state index is 0.125. The fourth-order valence-electron chi connectivity index (χ4n) is 0.646. The summed E-state index contributed by atoms with van der Waals surface area (Å²) in [7, 11) is 0. The van der Waals surface area contributed by atoms with Gasteiger partial charge in [-0.2, -0.15) is 0 Å².